The first kappa shape index (κ1) is 22.6. The second-order valence-electron chi connectivity index (χ2n) is 8.55. The maximum Gasteiger partial charge on any atom is 0.353 e. The van der Waals surface area contributed by atoms with Gasteiger partial charge in [-0.2, -0.15) is 0 Å². The number of carbonyl (C=O) groups excluding carboxylic acids is 1. The van der Waals surface area contributed by atoms with E-state index in [2.05, 4.69) is 4.98 Å². The molecule has 0 atom stereocenters. The number of furan rings is 1. The molecule has 1 aliphatic rings. The summed E-state index contributed by atoms with van der Waals surface area (Å²) in [6.07, 6.45) is 8.99. The van der Waals surface area contributed by atoms with Gasteiger partial charge in [0.15, 0.2) is 5.78 Å². The molecule has 8 heteroatoms. The van der Waals surface area contributed by atoms with Crippen molar-refractivity contribution in [3.8, 4) is 0 Å². The van der Waals surface area contributed by atoms with E-state index in [0.717, 1.165) is 21.2 Å². The van der Waals surface area contributed by atoms with E-state index in [0.29, 0.717) is 38.3 Å². The van der Waals surface area contributed by atoms with E-state index in [-0.39, 0.29) is 24.4 Å². The standard InChI is InChI=1S/C28H19ClN2O4S/c1-36-18-8-6-16-12-17(27(29)30-20(16)13-18)14-31-21-9-7-15-10-11-35-26(15)24(21)23(25(31)28(33)34)19-4-2-3-5-22(19)32/h2-4,6-13H,5,14H2,1H3,(H,33,34). The third-order valence-electron chi connectivity index (χ3n) is 6.50. The number of aromatic nitrogens is 2. The minimum Gasteiger partial charge on any atom is -0.477 e. The monoisotopic (exact) mass is 514 g/mol. The molecule has 0 amide bonds. The molecule has 0 aliphatic heterocycles. The number of carbonyl (C=O) groups is 2. The van der Waals surface area contributed by atoms with Crippen molar-refractivity contribution in [1.29, 1.82) is 0 Å². The number of Topliss-reactive ketones (excluding diaryl/α,β-unsaturated/α-hetero) is 1. The lowest BCUT2D eigenvalue weighted by Gasteiger charge is -2.13. The van der Waals surface area contributed by atoms with Gasteiger partial charge in [-0.1, -0.05) is 35.9 Å². The molecule has 36 heavy (non-hydrogen) atoms. The summed E-state index contributed by atoms with van der Waals surface area (Å²) in [4.78, 5) is 31.3. The zero-order valence-corrected chi connectivity index (χ0v) is 20.7. The lowest BCUT2D eigenvalue weighted by Crippen LogP contribution is -2.14. The van der Waals surface area contributed by atoms with Gasteiger partial charge >= 0.3 is 5.97 Å². The number of fused-ring (bicyclic) bond motifs is 4. The number of hydrogen-bond acceptors (Lipinski definition) is 5. The molecule has 2 aromatic carbocycles. The molecule has 3 aromatic heterocycles. The molecule has 0 saturated carbocycles. The van der Waals surface area contributed by atoms with Crippen LogP contribution in [0.2, 0.25) is 5.15 Å². The molecular formula is C28H19ClN2O4S. The Morgan fingerprint density at radius 2 is 2.03 bits per heavy atom. The van der Waals surface area contributed by atoms with Crippen LogP contribution in [-0.4, -0.2) is 32.7 Å². The molecule has 0 unspecified atom stereocenters. The Morgan fingerprint density at radius 1 is 1.19 bits per heavy atom. The van der Waals surface area contributed by atoms with Crippen molar-refractivity contribution < 1.29 is 19.1 Å². The highest BCUT2D eigenvalue weighted by atomic mass is 35.5. The number of hydrogen-bond donors (Lipinski definition) is 1. The molecule has 0 bridgehead atoms. The van der Waals surface area contributed by atoms with Crippen LogP contribution in [0.1, 0.15) is 28.0 Å². The molecule has 0 spiro atoms. The van der Waals surface area contributed by atoms with E-state index in [1.807, 2.05) is 48.7 Å². The van der Waals surface area contributed by atoms with Crippen LogP contribution in [0.5, 0.6) is 0 Å². The molecule has 0 radical (unpaired) electrons. The largest absolute Gasteiger partial charge is 0.477 e. The fourth-order valence-electron chi connectivity index (χ4n) is 4.85. The van der Waals surface area contributed by atoms with Crippen LogP contribution in [0, 0.1) is 0 Å². The summed E-state index contributed by atoms with van der Waals surface area (Å²) in [5.41, 5.74) is 3.36. The van der Waals surface area contributed by atoms with Gasteiger partial charge in [-0.05, 0) is 42.7 Å². The minimum atomic E-state index is -1.14. The summed E-state index contributed by atoms with van der Waals surface area (Å²) in [5.74, 6) is -1.28. The minimum absolute atomic E-state index is 0.0118. The number of pyridine rings is 1. The maximum atomic E-state index is 12.9. The predicted molar refractivity (Wildman–Crippen MR) is 143 cm³/mol. The Bertz CT molecular complexity index is 1790. The molecule has 1 N–H and O–H groups in total. The molecule has 1 aliphatic carbocycles. The van der Waals surface area contributed by atoms with E-state index in [9.17, 15) is 14.7 Å². The van der Waals surface area contributed by atoms with E-state index >= 15 is 0 Å². The molecule has 3 heterocycles. The summed E-state index contributed by atoms with van der Waals surface area (Å²) in [5, 5.41) is 13.0. The number of benzene rings is 2. The Balaban J connectivity index is 1.64. The van der Waals surface area contributed by atoms with Crippen LogP contribution in [0.25, 0.3) is 38.3 Å². The Morgan fingerprint density at radius 3 is 2.81 bits per heavy atom. The molecule has 6 rings (SSSR count). The third-order valence-corrected chi connectivity index (χ3v) is 7.55. The fourth-order valence-corrected chi connectivity index (χ4v) is 5.49. The fraction of sp³-hybridized carbons (Fsp3) is 0.107. The van der Waals surface area contributed by atoms with Crippen LogP contribution in [0.15, 0.2) is 76.3 Å². The molecule has 6 nitrogen and oxygen atoms in total. The third kappa shape index (κ3) is 3.54. The van der Waals surface area contributed by atoms with Gasteiger partial charge in [-0.3, -0.25) is 4.79 Å². The van der Waals surface area contributed by atoms with E-state index in [1.54, 1.807) is 40.8 Å². The number of allylic oxidation sites excluding steroid dienone is 4. The maximum absolute atomic E-state index is 12.9. The van der Waals surface area contributed by atoms with Crippen molar-refractivity contribution in [2.45, 2.75) is 17.9 Å². The zero-order chi connectivity index (χ0) is 25.0. The topological polar surface area (TPSA) is 85.3 Å². The SMILES string of the molecule is CSc1ccc2cc(Cn3c(C(=O)O)c(C4=CC=CCC4=O)c4c5occc5ccc43)c(Cl)nc2c1. The lowest BCUT2D eigenvalue weighted by atomic mass is 9.93. The van der Waals surface area contributed by atoms with Crippen LogP contribution in [0.3, 0.4) is 0 Å². The predicted octanol–water partition coefficient (Wildman–Crippen LogP) is 6.97. The van der Waals surface area contributed by atoms with Crippen molar-refractivity contribution in [2.75, 3.05) is 6.26 Å². The van der Waals surface area contributed by atoms with Gasteiger partial charge in [0.05, 0.1) is 29.2 Å². The summed E-state index contributed by atoms with van der Waals surface area (Å²) in [6.45, 7) is 0.160. The smallest absolute Gasteiger partial charge is 0.353 e. The summed E-state index contributed by atoms with van der Waals surface area (Å²) >= 11 is 8.24. The first-order chi connectivity index (χ1) is 17.5. The Labute approximate surface area is 214 Å². The number of carboxylic acid groups (broad SMARTS) is 1. The second-order valence-corrected chi connectivity index (χ2v) is 9.78. The van der Waals surface area contributed by atoms with Gasteiger partial charge in [-0.15, -0.1) is 11.8 Å². The van der Waals surface area contributed by atoms with Gasteiger partial charge in [0, 0.05) is 38.8 Å². The second kappa shape index (κ2) is 8.69. The van der Waals surface area contributed by atoms with Crippen molar-refractivity contribution >= 4 is 73.5 Å². The molecule has 5 aromatic rings. The van der Waals surface area contributed by atoms with Gasteiger partial charge in [0.1, 0.15) is 16.4 Å². The molecule has 178 valence electrons. The summed E-state index contributed by atoms with van der Waals surface area (Å²) < 4.78 is 7.48. The van der Waals surface area contributed by atoms with E-state index < -0.39 is 5.97 Å². The highest BCUT2D eigenvalue weighted by molar-refractivity contribution is 7.98. The van der Waals surface area contributed by atoms with Gasteiger partial charge in [-0.25, -0.2) is 9.78 Å². The average molecular weight is 515 g/mol. The Hall–Kier alpha value is -3.81. The number of aromatic carboxylic acids is 1. The van der Waals surface area contributed by atoms with E-state index in [1.165, 1.54) is 0 Å². The Kier molecular flexibility index (Phi) is 5.47. The lowest BCUT2D eigenvalue weighted by molar-refractivity contribution is -0.113. The summed E-state index contributed by atoms with van der Waals surface area (Å²) in [7, 11) is 0. The van der Waals surface area contributed by atoms with Gasteiger partial charge < -0.3 is 14.1 Å². The highest BCUT2D eigenvalue weighted by Crippen LogP contribution is 2.39. The van der Waals surface area contributed by atoms with Crippen molar-refractivity contribution in [3.05, 3.63) is 88.9 Å². The highest BCUT2D eigenvalue weighted by Gasteiger charge is 2.30. The molecular weight excluding hydrogens is 496 g/mol. The number of thioether (sulfide) groups is 1. The normalized spacial score (nSPS) is 13.7. The number of nitrogens with zero attached hydrogens (tertiary/aromatic N) is 2. The number of carboxylic acids is 1. The zero-order valence-electron chi connectivity index (χ0n) is 19.1. The van der Waals surface area contributed by atoms with Crippen LogP contribution >= 0.6 is 23.4 Å². The quantitative estimate of drug-likeness (QED) is 0.201. The van der Waals surface area contributed by atoms with E-state index in [4.69, 9.17) is 16.0 Å². The average Bonchev–Trinajstić information content (AvgIpc) is 3.47. The van der Waals surface area contributed by atoms with Gasteiger partial charge in [0.2, 0.25) is 0 Å². The van der Waals surface area contributed by atoms with Crippen molar-refractivity contribution in [3.63, 3.8) is 0 Å². The first-order valence-electron chi connectivity index (χ1n) is 11.3. The number of halogens is 1. The van der Waals surface area contributed by atoms with Crippen LogP contribution in [-0.2, 0) is 11.3 Å². The summed E-state index contributed by atoms with van der Waals surface area (Å²) in [6, 6.07) is 13.5. The first-order valence-corrected chi connectivity index (χ1v) is 12.9. The number of ketones is 1. The molecule has 0 fully saturated rings. The van der Waals surface area contributed by atoms with Crippen molar-refractivity contribution in [1.82, 2.24) is 9.55 Å². The van der Waals surface area contributed by atoms with Crippen molar-refractivity contribution in [2.24, 2.45) is 0 Å². The van der Waals surface area contributed by atoms with Crippen LogP contribution in [0.4, 0.5) is 0 Å². The number of rotatable bonds is 5. The van der Waals surface area contributed by atoms with Crippen LogP contribution < -0.4 is 0 Å². The van der Waals surface area contributed by atoms with Gasteiger partial charge in [0.25, 0.3) is 0 Å². The molecule has 0 saturated heterocycles.